The van der Waals surface area contributed by atoms with Crippen molar-refractivity contribution >= 4 is 5.96 Å². The minimum Gasteiger partial charge on any atom is -0.357 e. The third-order valence-electron chi connectivity index (χ3n) is 2.73. The first-order chi connectivity index (χ1) is 9.90. The van der Waals surface area contributed by atoms with Crippen LogP contribution in [0.5, 0.6) is 0 Å². The maximum atomic E-state index is 13.1. The summed E-state index contributed by atoms with van der Waals surface area (Å²) in [7, 11) is 0. The molecule has 0 aliphatic heterocycles. The first-order valence-electron chi connectivity index (χ1n) is 7.42. The highest BCUT2D eigenvalue weighted by molar-refractivity contribution is 5.79. The molecule has 0 bridgehead atoms. The molecular weight excluding hydrogens is 267 g/mol. The molecule has 21 heavy (non-hydrogen) atoms. The maximum absolute atomic E-state index is 13.1. The molecule has 0 amide bonds. The lowest BCUT2D eigenvalue weighted by atomic mass is 10.1. The van der Waals surface area contributed by atoms with Gasteiger partial charge >= 0.3 is 0 Å². The summed E-state index contributed by atoms with van der Waals surface area (Å²) in [6, 6.07) is 6.52. The van der Waals surface area contributed by atoms with Crippen LogP contribution in [0.4, 0.5) is 4.39 Å². The number of nitrogens with one attached hydrogen (secondary N) is 3. The summed E-state index contributed by atoms with van der Waals surface area (Å²) >= 11 is 0. The van der Waals surface area contributed by atoms with Crippen LogP contribution in [0.1, 0.15) is 33.3 Å². The van der Waals surface area contributed by atoms with E-state index in [-0.39, 0.29) is 11.4 Å². The molecule has 1 rings (SSSR count). The molecule has 1 aromatic carbocycles. The molecule has 5 heteroatoms. The fraction of sp³-hybridized carbons (Fsp3) is 0.562. The highest BCUT2D eigenvalue weighted by atomic mass is 19.1. The fourth-order valence-electron chi connectivity index (χ4n) is 1.77. The third kappa shape index (κ3) is 8.30. The van der Waals surface area contributed by atoms with Crippen LogP contribution in [0.3, 0.4) is 0 Å². The molecule has 3 N–H and O–H groups in total. The molecule has 0 aromatic heterocycles. The van der Waals surface area contributed by atoms with Gasteiger partial charge in [0.05, 0.1) is 6.54 Å². The van der Waals surface area contributed by atoms with Gasteiger partial charge in [-0.05, 0) is 45.4 Å². The van der Waals surface area contributed by atoms with Crippen LogP contribution in [-0.2, 0) is 6.54 Å². The van der Waals surface area contributed by atoms with E-state index in [1.165, 1.54) is 12.1 Å². The van der Waals surface area contributed by atoms with E-state index >= 15 is 0 Å². The molecule has 0 atom stereocenters. The molecule has 0 aliphatic rings. The first kappa shape index (κ1) is 17.4. The summed E-state index contributed by atoms with van der Waals surface area (Å²) < 4.78 is 13.1. The van der Waals surface area contributed by atoms with Crippen molar-refractivity contribution < 1.29 is 4.39 Å². The predicted octanol–water partition coefficient (Wildman–Crippen LogP) is 2.27. The smallest absolute Gasteiger partial charge is 0.191 e. The molecule has 0 heterocycles. The second-order valence-electron chi connectivity index (χ2n) is 5.93. The van der Waals surface area contributed by atoms with E-state index in [0.29, 0.717) is 6.54 Å². The molecular formula is C16H27FN4. The summed E-state index contributed by atoms with van der Waals surface area (Å²) in [5.41, 5.74) is 0.971. The Balaban J connectivity index is 2.46. The third-order valence-corrected chi connectivity index (χ3v) is 2.73. The van der Waals surface area contributed by atoms with Gasteiger partial charge < -0.3 is 16.0 Å². The summed E-state index contributed by atoms with van der Waals surface area (Å²) in [4.78, 5) is 4.46. The van der Waals surface area contributed by atoms with Gasteiger partial charge in [-0.15, -0.1) is 0 Å². The highest BCUT2D eigenvalue weighted by Crippen LogP contribution is 2.04. The second-order valence-corrected chi connectivity index (χ2v) is 5.93. The molecule has 0 saturated heterocycles. The van der Waals surface area contributed by atoms with Gasteiger partial charge in [-0.25, -0.2) is 9.38 Å². The van der Waals surface area contributed by atoms with Crippen molar-refractivity contribution in [2.24, 2.45) is 4.99 Å². The zero-order valence-electron chi connectivity index (χ0n) is 13.5. The van der Waals surface area contributed by atoms with Gasteiger partial charge in [0, 0.05) is 25.2 Å². The lowest BCUT2D eigenvalue weighted by Crippen LogP contribution is -2.44. The number of nitrogens with zero attached hydrogens (tertiary/aromatic N) is 1. The summed E-state index contributed by atoms with van der Waals surface area (Å²) in [6.45, 7) is 11.3. The Labute approximate surface area is 127 Å². The Bertz CT molecular complexity index is 452. The molecule has 0 radical (unpaired) electrons. The van der Waals surface area contributed by atoms with Crippen molar-refractivity contribution in [2.45, 2.75) is 39.8 Å². The average Bonchev–Trinajstić information content (AvgIpc) is 2.39. The highest BCUT2D eigenvalue weighted by Gasteiger charge is 2.07. The summed E-state index contributed by atoms with van der Waals surface area (Å²) in [5.74, 6) is 0.521. The van der Waals surface area contributed by atoms with Gasteiger partial charge in [-0.2, -0.15) is 0 Å². The monoisotopic (exact) mass is 294 g/mol. The van der Waals surface area contributed by atoms with Gasteiger partial charge in [0.15, 0.2) is 5.96 Å². The fourth-order valence-corrected chi connectivity index (χ4v) is 1.77. The predicted molar refractivity (Wildman–Crippen MR) is 87.0 cm³/mol. The van der Waals surface area contributed by atoms with Crippen LogP contribution in [0.15, 0.2) is 29.3 Å². The second kappa shape index (κ2) is 8.62. The van der Waals surface area contributed by atoms with Crippen LogP contribution in [0.25, 0.3) is 0 Å². The molecule has 0 unspecified atom stereocenters. The maximum Gasteiger partial charge on any atom is 0.191 e. The Morgan fingerprint density at radius 3 is 2.57 bits per heavy atom. The topological polar surface area (TPSA) is 48.5 Å². The Morgan fingerprint density at radius 2 is 1.95 bits per heavy atom. The SMILES string of the molecule is CCNC(=NCc1cccc(F)c1)NCCNC(C)(C)C. The standard InChI is InChI=1S/C16H27FN4/c1-5-18-15(19-9-10-21-16(2,3)4)20-12-13-7-6-8-14(17)11-13/h6-8,11,21H,5,9-10,12H2,1-4H3,(H2,18,19,20). The van der Waals surface area contributed by atoms with Crippen LogP contribution in [-0.4, -0.2) is 31.1 Å². The lowest BCUT2D eigenvalue weighted by molar-refractivity contribution is 0.428. The van der Waals surface area contributed by atoms with Gasteiger partial charge in [-0.1, -0.05) is 12.1 Å². The molecule has 0 spiro atoms. The Hall–Kier alpha value is -1.62. The average molecular weight is 294 g/mol. The van der Waals surface area contributed by atoms with Crippen molar-refractivity contribution in [3.8, 4) is 0 Å². The first-order valence-corrected chi connectivity index (χ1v) is 7.42. The molecule has 4 nitrogen and oxygen atoms in total. The largest absolute Gasteiger partial charge is 0.357 e. The van der Waals surface area contributed by atoms with Crippen LogP contribution in [0, 0.1) is 5.82 Å². The van der Waals surface area contributed by atoms with E-state index in [1.54, 1.807) is 6.07 Å². The summed E-state index contributed by atoms with van der Waals surface area (Å²) in [6.07, 6.45) is 0. The number of aliphatic imine (C=N–C) groups is 1. The van der Waals surface area contributed by atoms with Crippen molar-refractivity contribution in [3.05, 3.63) is 35.6 Å². The number of hydrogen-bond acceptors (Lipinski definition) is 2. The van der Waals surface area contributed by atoms with E-state index in [9.17, 15) is 4.39 Å². The Morgan fingerprint density at radius 1 is 1.19 bits per heavy atom. The molecule has 0 aliphatic carbocycles. The van der Waals surface area contributed by atoms with Gasteiger partial charge in [0.1, 0.15) is 5.82 Å². The number of guanidine groups is 1. The molecule has 118 valence electrons. The zero-order valence-corrected chi connectivity index (χ0v) is 13.5. The van der Waals surface area contributed by atoms with Crippen LogP contribution in [0.2, 0.25) is 0 Å². The quantitative estimate of drug-likeness (QED) is 0.428. The van der Waals surface area contributed by atoms with E-state index < -0.39 is 0 Å². The number of rotatable bonds is 6. The van der Waals surface area contributed by atoms with Crippen molar-refractivity contribution in [1.82, 2.24) is 16.0 Å². The van der Waals surface area contributed by atoms with E-state index in [4.69, 9.17) is 0 Å². The minimum absolute atomic E-state index is 0.110. The number of benzene rings is 1. The molecule has 1 aromatic rings. The van der Waals surface area contributed by atoms with Crippen molar-refractivity contribution in [2.75, 3.05) is 19.6 Å². The van der Waals surface area contributed by atoms with Crippen LogP contribution >= 0.6 is 0 Å². The van der Waals surface area contributed by atoms with Gasteiger partial charge in [0.25, 0.3) is 0 Å². The van der Waals surface area contributed by atoms with Crippen LogP contribution < -0.4 is 16.0 Å². The molecule has 0 saturated carbocycles. The molecule has 0 fully saturated rings. The number of halogens is 1. The lowest BCUT2D eigenvalue weighted by Gasteiger charge is -2.21. The minimum atomic E-state index is -0.227. The van der Waals surface area contributed by atoms with E-state index in [0.717, 1.165) is 31.2 Å². The summed E-state index contributed by atoms with van der Waals surface area (Å²) in [5, 5.41) is 9.85. The van der Waals surface area contributed by atoms with E-state index in [2.05, 4.69) is 41.7 Å². The normalized spacial score (nSPS) is 12.3. The van der Waals surface area contributed by atoms with Crippen molar-refractivity contribution in [3.63, 3.8) is 0 Å². The van der Waals surface area contributed by atoms with Gasteiger partial charge in [0.2, 0.25) is 0 Å². The van der Waals surface area contributed by atoms with E-state index in [1.807, 2.05) is 13.0 Å². The zero-order chi connectivity index (χ0) is 15.7. The Kier molecular flexibility index (Phi) is 7.15. The van der Waals surface area contributed by atoms with Crippen molar-refractivity contribution in [1.29, 1.82) is 0 Å². The number of hydrogen-bond donors (Lipinski definition) is 3. The van der Waals surface area contributed by atoms with Gasteiger partial charge in [-0.3, -0.25) is 0 Å².